The number of fused-ring (bicyclic) bond motifs is 3. The molecule has 0 unspecified atom stereocenters. The number of anilines is 1. The van der Waals surface area contributed by atoms with E-state index in [2.05, 4.69) is 28.9 Å². The van der Waals surface area contributed by atoms with Crippen LogP contribution in [0.15, 0.2) is 67.0 Å². The lowest BCUT2D eigenvalue weighted by Crippen LogP contribution is -2.40. The van der Waals surface area contributed by atoms with Crippen LogP contribution in [0.3, 0.4) is 0 Å². The van der Waals surface area contributed by atoms with Crippen molar-refractivity contribution in [3.8, 4) is 0 Å². The van der Waals surface area contributed by atoms with Crippen LogP contribution in [0.2, 0.25) is 0 Å². The van der Waals surface area contributed by atoms with Crippen molar-refractivity contribution >= 4 is 39.3 Å². The molecule has 2 aromatic heterocycles. The van der Waals surface area contributed by atoms with Crippen molar-refractivity contribution in [2.24, 2.45) is 5.73 Å². The zero-order chi connectivity index (χ0) is 19.7. The maximum atomic E-state index is 12.5. The number of pyridine rings is 1. The third kappa shape index (κ3) is 3.20. The molecule has 0 aliphatic rings. The molecule has 0 radical (unpaired) electrons. The average Bonchev–Trinajstić information content (AvgIpc) is 3.01. The lowest BCUT2D eigenvalue weighted by Gasteiger charge is -2.06. The Balaban J connectivity index is 1.61. The number of nitrogens with two attached hydrogens (primary N) is 1. The molecule has 0 aliphatic carbocycles. The Morgan fingerprint density at radius 2 is 1.82 bits per heavy atom. The number of carbonyl (C=O) groups is 2. The van der Waals surface area contributed by atoms with Crippen molar-refractivity contribution in [1.29, 1.82) is 0 Å². The van der Waals surface area contributed by atoms with Crippen molar-refractivity contribution < 1.29 is 14.2 Å². The molecule has 0 atom stereocenters. The van der Waals surface area contributed by atoms with E-state index in [1.807, 2.05) is 30.3 Å². The number of benzene rings is 2. The number of hydrogen-bond donors (Lipinski definition) is 2. The highest BCUT2D eigenvalue weighted by molar-refractivity contribution is 6.09. The van der Waals surface area contributed by atoms with Crippen molar-refractivity contribution in [2.75, 3.05) is 5.32 Å². The Kier molecular flexibility index (Phi) is 4.53. The molecular weight excluding hydrogens is 352 g/mol. The maximum absolute atomic E-state index is 12.5. The summed E-state index contributed by atoms with van der Waals surface area (Å²) in [5, 5.41) is 5.21. The number of amides is 2. The molecule has 0 saturated heterocycles. The van der Waals surface area contributed by atoms with Gasteiger partial charge < -0.3 is 15.6 Å². The molecule has 0 bridgehead atoms. The Bertz CT molecular complexity index is 1210. The highest BCUT2D eigenvalue weighted by Gasteiger charge is 2.14. The molecule has 2 amide bonds. The monoisotopic (exact) mass is 373 g/mol. The quantitative estimate of drug-likeness (QED) is 0.528. The first kappa shape index (κ1) is 17.7. The van der Waals surface area contributed by atoms with E-state index >= 15 is 0 Å². The van der Waals surface area contributed by atoms with E-state index in [0.29, 0.717) is 5.56 Å². The number of carbonyl (C=O) groups excluding carboxylic acids is 2. The highest BCUT2D eigenvalue weighted by atomic mass is 16.2. The van der Waals surface area contributed by atoms with Gasteiger partial charge in [-0.25, -0.2) is 0 Å². The van der Waals surface area contributed by atoms with Gasteiger partial charge in [-0.1, -0.05) is 18.2 Å². The van der Waals surface area contributed by atoms with Crippen LogP contribution < -0.4 is 15.6 Å². The molecule has 3 N–H and O–H groups in total. The first-order valence-electron chi connectivity index (χ1n) is 9.16. The van der Waals surface area contributed by atoms with Gasteiger partial charge in [-0.05, 0) is 37.3 Å². The first-order valence-corrected chi connectivity index (χ1v) is 9.16. The summed E-state index contributed by atoms with van der Waals surface area (Å²) in [4.78, 5) is 23.8. The normalized spacial score (nSPS) is 11.0. The fourth-order valence-electron chi connectivity index (χ4n) is 3.60. The van der Waals surface area contributed by atoms with Crippen LogP contribution in [0.5, 0.6) is 0 Å². The summed E-state index contributed by atoms with van der Waals surface area (Å²) in [5.74, 6) is -0.697. The predicted octanol–water partition coefficient (Wildman–Crippen LogP) is 2.84. The molecule has 0 fully saturated rings. The summed E-state index contributed by atoms with van der Waals surface area (Å²) in [6.07, 6.45) is 3.30. The number of nitrogens with zero attached hydrogens (tertiary/aromatic N) is 2. The minimum atomic E-state index is -0.521. The van der Waals surface area contributed by atoms with E-state index in [1.54, 1.807) is 29.1 Å². The summed E-state index contributed by atoms with van der Waals surface area (Å²) < 4.78 is 3.90. The van der Waals surface area contributed by atoms with E-state index in [0.717, 1.165) is 23.1 Å². The predicted molar refractivity (Wildman–Crippen MR) is 109 cm³/mol. The molecule has 0 spiro atoms. The molecule has 2 aromatic carbocycles. The van der Waals surface area contributed by atoms with Crippen LogP contribution in [-0.4, -0.2) is 16.4 Å². The second-order valence-corrected chi connectivity index (χ2v) is 6.67. The van der Waals surface area contributed by atoms with E-state index in [4.69, 9.17) is 5.73 Å². The zero-order valence-corrected chi connectivity index (χ0v) is 15.6. The van der Waals surface area contributed by atoms with Crippen molar-refractivity contribution in [3.05, 3.63) is 72.6 Å². The van der Waals surface area contributed by atoms with Gasteiger partial charge in [-0.2, -0.15) is 4.57 Å². The summed E-state index contributed by atoms with van der Waals surface area (Å²) in [6, 6.07) is 17.5. The lowest BCUT2D eigenvalue weighted by molar-refractivity contribution is -0.684. The summed E-state index contributed by atoms with van der Waals surface area (Å²) in [7, 11) is 0. The van der Waals surface area contributed by atoms with Gasteiger partial charge in [0.2, 0.25) is 6.54 Å². The Morgan fingerprint density at radius 1 is 1.04 bits per heavy atom. The van der Waals surface area contributed by atoms with Crippen LogP contribution in [0.25, 0.3) is 21.8 Å². The van der Waals surface area contributed by atoms with Gasteiger partial charge in [0, 0.05) is 40.1 Å². The third-order valence-electron chi connectivity index (χ3n) is 4.84. The topological polar surface area (TPSA) is 81.0 Å². The van der Waals surface area contributed by atoms with E-state index in [9.17, 15) is 9.59 Å². The fourth-order valence-corrected chi connectivity index (χ4v) is 3.60. The van der Waals surface area contributed by atoms with Gasteiger partial charge in [0.25, 0.3) is 11.8 Å². The molecule has 6 heteroatoms. The Labute approximate surface area is 162 Å². The third-order valence-corrected chi connectivity index (χ3v) is 4.84. The smallest absolute Gasteiger partial charge is 0.290 e. The number of hydrogen-bond acceptors (Lipinski definition) is 2. The molecule has 4 rings (SSSR count). The molecule has 140 valence electrons. The van der Waals surface area contributed by atoms with Crippen LogP contribution in [0.1, 0.15) is 17.3 Å². The number of nitrogens with one attached hydrogen (secondary N) is 1. The number of rotatable bonds is 5. The van der Waals surface area contributed by atoms with Gasteiger partial charge in [0.1, 0.15) is 5.56 Å². The Hall–Kier alpha value is -3.67. The van der Waals surface area contributed by atoms with E-state index in [-0.39, 0.29) is 12.5 Å². The second kappa shape index (κ2) is 7.15. The molecule has 6 nitrogen and oxygen atoms in total. The van der Waals surface area contributed by atoms with Gasteiger partial charge in [-0.15, -0.1) is 0 Å². The first-order chi connectivity index (χ1) is 13.6. The van der Waals surface area contributed by atoms with Crippen molar-refractivity contribution in [1.82, 2.24) is 4.57 Å². The Morgan fingerprint density at radius 3 is 2.61 bits per heavy atom. The standard InChI is InChI=1S/C22H20N4O2/c1-2-26-19-8-4-3-7-17(19)18-12-16(9-10-20(18)26)24-21(27)14-25-11-5-6-15(13-25)22(23)28/h3-13H,2,14H2,1H3,(H2-,23,24,27,28)/p+1. The molecule has 28 heavy (non-hydrogen) atoms. The van der Waals surface area contributed by atoms with E-state index in [1.165, 1.54) is 10.9 Å². The van der Waals surface area contributed by atoms with Crippen LogP contribution in [0, 0.1) is 0 Å². The summed E-state index contributed by atoms with van der Waals surface area (Å²) in [6.45, 7) is 3.09. The molecular formula is C22H21N4O2+. The lowest BCUT2D eigenvalue weighted by atomic mass is 10.1. The average molecular weight is 373 g/mol. The minimum Gasteiger partial charge on any atom is -0.365 e. The van der Waals surface area contributed by atoms with Crippen LogP contribution in [-0.2, 0) is 17.9 Å². The van der Waals surface area contributed by atoms with Crippen molar-refractivity contribution in [3.63, 3.8) is 0 Å². The molecule has 0 aliphatic heterocycles. The van der Waals surface area contributed by atoms with E-state index < -0.39 is 5.91 Å². The number of para-hydroxylation sites is 1. The largest absolute Gasteiger partial charge is 0.365 e. The fraction of sp³-hybridized carbons (Fsp3) is 0.136. The number of aromatic nitrogens is 2. The molecule has 4 aromatic rings. The summed E-state index contributed by atoms with van der Waals surface area (Å²) >= 11 is 0. The SMILES string of the molecule is CCn1c2ccccc2c2cc(NC(=O)C[n+]3cccc(C(N)=O)c3)ccc21. The second-order valence-electron chi connectivity index (χ2n) is 6.67. The molecule has 0 saturated carbocycles. The van der Waals surface area contributed by atoms with Gasteiger partial charge >= 0.3 is 0 Å². The highest BCUT2D eigenvalue weighted by Crippen LogP contribution is 2.30. The molecule has 2 heterocycles. The van der Waals surface area contributed by atoms with Gasteiger partial charge in [0.05, 0.1) is 0 Å². The number of primary amides is 1. The minimum absolute atomic E-state index is 0.0931. The van der Waals surface area contributed by atoms with Crippen LogP contribution >= 0.6 is 0 Å². The van der Waals surface area contributed by atoms with Gasteiger partial charge in [0.15, 0.2) is 12.4 Å². The maximum Gasteiger partial charge on any atom is 0.290 e. The van der Waals surface area contributed by atoms with Gasteiger partial charge in [-0.3, -0.25) is 9.59 Å². The summed E-state index contributed by atoms with van der Waals surface area (Å²) in [5.41, 5.74) is 8.72. The van der Waals surface area contributed by atoms with Crippen LogP contribution in [0.4, 0.5) is 5.69 Å². The number of aryl methyl sites for hydroxylation is 1. The zero-order valence-electron chi connectivity index (χ0n) is 15.6. The van der Waals surface area contributed by atoms with Crippen molar-refractivity contribution in [2.45, 2.75) is 20.0 Å².